The predicted octanol–water partition coefficient (Wildman–Crippen LogP) is 3.92. The number of anilines is 3. The summed E-state index contributed by atoms with van der Waals surface area (Å²) >= 11 is 0. The fourth-order valence-corrected chi connectivity index (χ4v) is 4.42. The summed E-state index contributed by atoms with van der Waals surface area (Å²) in [6.07, 6.45) is -0.540. The van der Waals surface area contributed by atoms with Crippen molar-refractivity contribution in [3.05, 3.63) is 60.3 Å². The number of hydrogen-bond acceptors (Lipinski definition) is 7. The first-order chi connectivity index (χ1) is 16.0. The summed E-state index contributed by atoms with van der Waals surface area (Å²) in [4.78, 5) is 18.3. The van der Waals surface area contributed by atoms with Crippen LogP contribution in [0.5, 0.6) is 0 Å². The van der Waals surface area contributed by atoms with E-state index in [1.165, 1.54) is 21.3 Å². The number of H-pyrrole nitrogens is 1. The summed E-state index contributed by atoms with van der Waals surface area (Å²) in [6, 6.07) is 14.9. The van der Waals surface area contributed by atoms with E-state index in [-0.39, 0.29) is 23.8 Å². The highest BCUT2D eigenvalue weighted by Gasteiger charge is 2.28. The minimum Gasteiger partial charge on any atom is -0.444 e. The standard InChI is InChI=1S/C23H30N6O4S/c1-17-16-20(27-26-17)24-19-12-9-13-21(25-19)29(34(31,32)18-10-7-6-8-11-18)15-14-28(5)22(30)33-23(2,3)4/h6-13,16H,14-15H2,1-5H3,(H2,24,25,26,27). The van der Waals surface area contributed by atoms with Crippen molar-refractivity contribution in [1.29, 1.82) is 0 Å². The van der Waals surface area contributed by atoms with Crippen LogP contribution < -0.4 is 9.62 Å². The quantitative estimate of drug-likeness (QED) is 0.495. The molecule has 11 heteroatoms. The van der Waals surface area contributed by atoms with E-state index in [4.69, 9.17) is 4.74 Å². The van der Waals surface area contributed by atoms with E-state index < -0.39 is 21.7 Å². The molecule has 0 saturated heterocycles. The molecule has 0 aliphatic carbocycles. The summed E-state index contributed by atoms with van der Waals surface area (Å²) in [6.45, 7) is 7.26. The van der Waals surface area contributed by atoms with Gasteiger partial charge in [-0.2, -0.15) is 5.10 Å². The van der Waals surface area contributed by atoms with Gasteiger partial charge in [0.15, 0.2) is 5.82 Å². The number of pyridine rings is 1. The molecule has 0 aliphatic rings. The van der Waals surface area contributed by atoms with Gasteiger partial charge in [0.05, 0.1) is 11.4 Å². The van der Waals surface area contributed by atoms with Crippen molar-refractivity contribution in [1.82, 2.24) is 20.1 Å². The minimum absolute atomic E-state index is 0.0229. The van der Waals surface area contributed by atoms with Gasteiger partial charge >= 0.3 is 6.09 Å². The number of carbonyl (C=O) groups is 1. The highest BCUT2D eigenvalue weighted by atomic mass is 32.2. The average molecular weight is 487 g/mol. The molecule has 0 atom stereocenters. The fraction of sp³-hybridized carbons (Fsp3) is 0.348. The predicted molar refractivity (Wildman–Crippen MR) is 131 cm³/mol. The van der Waals surface area contributed by atoms with Crippen molar-refractivity contribution >= 4 is 33.6 Å². The second-order valence-corrected chi connectivity index (χ2v) is 10.6. The maximum absolute atomic E-state index is 13.5. The lowest BCUT2D eigenvalue weighted by Gasteiger charge is -2.28. The van der Waals surface area contributed by atoms with Crippen molar-refractivity contribution in [2.75, 3.05) is 29.8 Å². The molecule has 0 aliphatic heterocycles. The Kier molecular flexibility index (Phi) is 7.45. The number of benzene rings is 1. The van der Waals surface area contributed by atoms with Crippen LogP contribution in [0.2, 0.25) is 0 Å². The second kappa shape index (κ2) is 10.1. The van der Waals surface area contributed by atoms with Crippen LogP contribution >= 0.6 is 0 Å². The maximum Gasteiger partial charge on any atom is 0.410 e. The third-order valence-electron chi connectivity index (χ3n) is 4.63. The molecule has 0 saturated carbocycles. The first kappa shape index (κ1) is 25.0. The molecular formula is C23H30N6O4S. The Bertz CT molecular complexity index is 1220. The SMILES string of the molecule is Cc1cc(Nc2cccc(N(CCN(C)C(=O)OC(C)(C)C)S(=O)(=O)c3ccccc3)n2)n[nH]1. The fourth-order valence-electron chi connectivity index (χ4n) is 2.99. The number of sulfonamides is 1. The van der Waals surface area contributed by atoms with Gasteiger partial charge in [-0.05, 0) is 52.0 Å². The summed E-state index contributed by atoms with van der Waals surface area (Å²) < 4.78 is 33.6. The van der Waals surface area contributed by atoms with Crippen LogP contribution in [-0.4, -0.2) is 60.3 Å². The lowest BCUT2D eigenvalue weighted by Crippen LogP contribution is -2.41. The van der Waals surface area contributed by atoms with Gasteiger partial charge in [-0.25, -0.2) is 22.5 Å². The number of aromatic amines is 1. The van der Waals surface area contributed by atoms with Crippen LogP contribution in [0.25, 0.3) is 0 Å². The normalized spacial score (nSPS) is 11.7. The van der Waals surface area contributed by atoms with Gasteiger partial charge in [0.2, 0.25) is 0 Å². The number of ether oxygens (including phenoxy) is 1. The zero-order valence-electron chi connectivity index (χ0n) is 19.9. The Morgan fingerprint density at radius 1 is 1.06 bits per heavy atom. The van der Waals surface area contributed by atoms with E-state index in [1.54, 1.807) is 64.2 Å². The van der Waals surface area contributed by atoms with Gasteiger partial charge < -0.3 is 15.0 Å². The molecule has 0 bridgehead atoms. The molecule has 3 aromatic rings. The summed E-state index contributed by atoms with van der Waals surface area (Å²) in [5.74, 6) is 1.20. The molecular weight excluding hydrogens is 456 g/mol. The van der Waals surface area contributed by atoms with E-state index in [0.29, 0.717) is 11.6 Å². The Balaban J connectivity index is 1.89. The highest BCUT2D eigenvalue weighted by molar-refractivity contribution is 7.92. The van der Waals surface area contributed by atoms with E-state index in [9.17, 15) is 13.2 Å². The number of rotatable bonds is 8. The molecule has 2 N–H and O–H groups in total. The Hall–Kier alpha value is -3.60. The molecule has 182 valence electrons. The number of amides is 1. The van der Waals surface area contributed by atoms with Crippen LogP contribution in [-0.2, 0) is 14.8 Å². The summed E-state index contributed by atoms with van der Waals surface area (Å²) in [5.41, 5.74) is 0.213. The summed E-state index contributed by atoms with van der Waals surface area (Å²) in [7, 11) is -2.39. The van der Waals surface area contributed by atoms with Gasteiger partial charge in [-0.3, -0.25) is 5.10 Å². The smallest absolute Gasteiger partial charge is 0.410 e. The third kappa shape index (κ3) is 6.47. The molecule has 0 radical (unpaired) electrons. The van der Waals surface area contributed by atoms with Gasteiger partial charge in [0, 0.05) is 25.4 Å². The number of carbonyl (C=O) groups excluding carboxylic acids is 1. The first-order valence-electron chi connectivity index (χ1n) is 10.7. The van der Waals surface area contributed by atoms with Gasteiger partial charge in [0.1, 0.15) is 17.2 Å². The Morgan fingerprint density at radius 3 is 2.38 bits per heavy atom. The van der Waals surface area contributed by atoms with E-state index in [1.807, 2.05) is 13.0 Å². The van der Waals surface area contributed by atoms with Crippen LogP contribution in [0.1, 0.15) is 26.5 Å². The first-order valence-corrected chi connectivity index (χ1v) is 12.2. The molecule has 2 aromatic heterocycles. The zero-order chi connectivity index (χ0) is 24.9. The monoisotopic (exact) mass is 486 g/mol. The number of aryl methyl sites for hydroxylation is 1. The zero-order valence-corrected chi connectivity index (χ0v) is 20.8. The molecule has 1 aromatic carbocycles. The van der Waals surface area contributed by atoms with Gasteiger partial charge in [-0.15, -0.1) is 0 Å². The number of nitrogens with one attached hydrogen (secondary N) is 2. The average Bonchev–Trinajstić information content (AvgIpc) is 3.17. The van der Waals surface area contributed by atoms with E-state index in [0.717, 1.165) is 5.69 Å². The molecule has 2 heterocycles. The van der Waals surface area contributed by atoms with Crippen LogP contribution in [0.15, 0.2) is 59.5 Å². The molecule has 3 rings (SSSR count). The highest BCUT2D eigenvalue weighted by Crippen LogP contribution is 2.24. The Morgan fingerprint density at radius 2 is 1.76 bits per heavy atom. The molecule has 0 spiro atoms. The van der Waals surface area contributed by atoms with Crippen LogP contribution in [0.3, 0.4) is 0 Å². The van der Waals surface area contributed by atoms with E-state index >= 15 is 0 Å². The van der Waals surface area contributed by atoms with Crippen LogP contribution in [0, 0.1) is 6.92 Å². The third-order valence-corrected chi connectivity index (χ3v) is 6.44. The molecule has 34 heavy (non-hydrogen) atoms. The lowest BCUT2D eigenvalue weighted by molar-refractivity contribution is 0.0304. The number of aromatic nitrogens is 3. The van der Waals surface area contributed by atoms with Crippen molar-refractivity contribution in [3.63, 3.8) is 0 Å². The second-order valence-electron chi connectivity index (χ2n) is 8.73. The van der Waals surface area contributed by atoms with Gasteiger partial charge in [-0.1, -0.05) is 24.3 Å². The molecule has 0 unspecified atom stereocenters. The molecule has 10 nitrogen and oxygen atoms in total. The van der Waals surface area contributed by atoms with Crippen molar-refractivity contribution in [2.24, 2.45) is 0 Å². The summed E-state index contributed by atoms with van der Waals surface area (Å²) in [5, 5.41) is 10.0. The molecule has 0 fully saturated rings. The lowest BCUT2D eigenvalue weighted by atomic mass is 10.2. The van der Waals surface area contributed by atoms with Crippen molar-refractivity contribution < 1.29 is 17.9 Å². The largest absolute Gasteiger partial charge is 0.444 e. The number of nitrogens with zero attached hydrogens (tertiary/aromatic N) is 4. The minimum atomic E-state index is -3.95. The van der Waals surface area contributed by atoms with Crippen molar-refractivity contribution in [2.45, 2.75) is 38.2 Å². The maximum atomic E-state index is 13.5. The van der Waals surface area contributed by atoms with Gasteiger partial charge in [0.25, 0.3) is 10.0 Å². The van der Waals surface area contributed by atoms with E-state index in [2.05, 4.69) is 20.5 Å². The Labute approximate surface area is 200 Å². The van der Waals surface area contributed by atoms with Crippen molar-refractivity contribution in [3.8, 4) is 0 Å². The number of likely N-dealkylation sites (N-methyl/N-ethyl adjacent to an activating group) is 1. The molecule has 1 amide bonds. The van der Waals surface area contributed by atoms with Crippen LogP contribution in [0.4, 0.5) is 22.2 Å². The topological polar surface area (TPSA) is 121 Å². The number of hydrogen-bond donors (Lipinski definition) is 2.